The van der Waals surface area contributed by atoms with Gasteiger partial charge in [-0.3, -0.25) is 9.59 Å². The van der Waals surface area contributed by atoms with Crippen molar-refractivity contribution in [1.29, 1.82) is 0 Å². The van der Waals surface area contributed by atoms with Crippen LogP contribution < -0.4 is 14.4 Å². The van der Waals surface area contributed by atoms with Gasteiger partial charge < -0.3 is 33.9 Å². The largest absolute Gasteiger partial charge is 0.497 e. The van der Waals surface area contributed by atoms with Gasteiger partial charge in [-0.05, 0) is 53.6 Å². The van der Waals surface area contributed by atoms with E-state index in [4.69, 9.17) is 29.0 Å². The number of morpholine rings is 1. The zero-order valence-electron chi connectivity index (χ0n) is 24.1. The van der Waals surface area contributed by atoms with Gasteiger partial charge in [0.1, 0.15) is 18.0 Å². The molecule has 0 saturated carbocycles. The lowest BCUT2D eigenvalue weighted by molar-refractivity contribution is -0.136. The summed E-state index contributed by atoms with van der Waals surface area (Å²) < 4.78 is 23.2. The molecule has 0 bridgehead atoms. The minimum absolute atomic E-state index is 0.0582. The third-order valence-electron chi connectivity index (χ3n) is 8.05. The fraction of sp³-hybridized carbons (Fsp3) is 0.364. The Bertz CT molecular complexity index is 1500. The van der Waals surface area contributed by atoms with Gasteiger partial charge in [0.25, 0.3) is 5.91 Å². The summed E-state index contributed by atoms with van der Waals surface area (Å²) in [5.74, 6) is 1.20. The molecular formula is C33H35N3O7. The van der Waals surface area contributed by atoms with E-state index in [9.17, 15) is 9.59 Å². The van der Waals surface area contributed by atoms with Crippen molar-refractivity contribution < 1.29 is 33.6 Å². The Labute approximate surface area is 250 Å². The molecule has 0 radical (unpaired) electrons. The number of carbonyl (C=O) groups excluding carboxylic acids is 2. The summed E-state index contributed by atoms with van der Waals surface area (Å²) in [7, 11) is 1.59. The third-order valence-corrected chi connectivity index (χ3v) is 8.05. The lowest BCUT2D eigenvalue weighted by Gasteiger charge is -2.41. The maximum atomic E-state index is 14.7. The second-order valence-corrected chi connectivity index (χ2v) is 10.8. The second kappa shape index (κ2) is 12.4. The molecule has 6 rings (SSSR count). The van der Waals surface area contributed by atoms with Gasteiger partial charge in [-0.15, -0.1) is 0 Å². The summed E-state index contributed by atoms with van der Waals surface area (Å²) in [5, 5.41) is 9.04. The number of amides is 2. The van der Waals surface area contributed by atoms with E-state index < -0.39 is 11.6 Å². The molecule has 1 saturated heterocycles. The second-order valence-electron chi connectivity index (χ2n) is 10.8. The summed E-state index contributed by atoms with van der Waals surface area (Å²) in [6.45, 7) is 2.29. The Hall–Kier alpha value is -4.41. The number of benzene rings is 3. The van der Waals surface area contributed by atoms with Gasteiger partial charge in [-0.1, -0.05) is 30.3 Å². The number of aliphatic imine (C=N–C) groups is 1. The van der Waals surface area contributed by atoms with Crippen molar-refractivity contribution >= 4 is 23.4 Å². The first-order valence-corrected chi connectivity index (χ1v) is 14.5. The lowest BCUT2D eigenvalue weighted by Crippen LogP contribution is -2.58. The number of anilines is 1. The Morgan fingerprint density at radius 2 is 1.84 bits per heavy atom. The molecule has 224 valence electrons. The Morgan fingerprint density at radius 3 is 2.60 bits per heavy atom. The van der Waals surface area contributed by atoms with E-state index in [-0.39, 0.29) is 25.0 Å². The number of nitrogens with zero attached hydrogens (tertiary/aromatic N) is 3. The fourth-order valence-corrected chi connectivity index (χ4v) is 5.83. The van der Waals surface area contributed by atoms with Gasteiger partial charge in [0.2, 0.25) is 11.8 Å². The number of rotatable bonds is 9. The first-order valence-electron chi connectivity index (χ1n) is 14.5. The number of hydrogen-bond donors (Lipinski definition) is 1. The number of carbonyl (C=O) groups is 2. The smallest absolute Gasteiger partial charge is 0.260 e. The first-order chi connectivity index (χ1) is 21.0. The van der Waals surface area contributed by atoms with Gasteiger partial charge in [-0.25, -0.2) is 4.99 Å². The van der Waals surface area contributed by atoms with Crippen molar-refractivity contribution in [3.63, 3.8) is 0 Å². The molecule has 2 atom stereocenters. The summed E-state index contributed by atoms with van der Waals surface area (Å²) in [6, 6.07) is 22.4. The molecule has 3 aliphatic rings. The molecule has 1 fully saturated rings. The van der Waals surface area contributed by atoms with Crippen LogP contribution >= 0.6 is 0 Å². The normalized spacial score (nSPS) is 21.3. The average Bonchev–Trinajstić information content (AvgIpc) is 3.44. The predicted octanol–water partition coefficient (Wildman–Crippen LogP) is 3.16. The van der Waals surface area contributed by atoms with Crippen LogP contribution in [0.1, 0.15) is 29.2 Å². The van der Waals surface area contributed by atoms with E-state index in [1.54, 1.807) is 16.9 Å². The van der Waals surface area contributed by atoms with Crippen molar-refractivity contribution in [2.45, 2.75) is 24.5 Å². The van der Waals surface area contributed by atoms with Crippen LogP contribution in [0, 0.1) is 0 Å². The van der Waals surface area contributed by atoms with E-state index in [1.165, 1.54) is 0 Å². The van der Waals surface area contributed by atoms with Gasteiger partial charge >= 0.3 is 0 Å². The van der Waals surface area contributed by atoms with E-state index >= 15 is 0 Å². The maximum absolute atomic E-state index is 14.7. The molecule has 3 aliphatic heterocycles. The predicted molar refractivity (Wildman–Crippen MR) is 160 cm³/mol. The van der Waals surface area contributed by atoms with Crippen LogP contribution in [0.25, 0.3) is 0 Å². The third kappa shape index (κ3) is 5.68. The minimum Gasteiger partial charge on any atom is -0.497 e. The molecule has 10 nitrogen and oxygen atoms in total. The Morgan fingerprint density at radius 1 is 1.05 bits per heavy atom. The molecule has 2 amide bonds. The Balaban J connectivity index is 1.40. The maximum Gasteiger partial charge on any atom is 0.260 e. The molecule has 43 heavy (non-hydrogen) atoms. The van der Waals surface area contributed by atoms with Crippen molar-refractivity contribution in [3.05, 3.63) is 89.5 Å². The first kappa shape index (κ1) is 28.7. The van der Waals surface area contributed by atoms with Gasteiger partial charge in [-0.2, -0.15) is 0 Å². The molecule has 3 aromatic carbocycles. The SMILES string of the molecule is COc1cccc([C@H]2OC(c3ccc(OCCCO)cc3)=N[C@]23Cc2ccccc2N(CC(=O)N2CCOCC2)C3=O)c1. The molecule has 3 heterocycles. The van der Waals surface area contributed by atoms with Crippen LogP contribution in [0.15, 0.2) is 77.8 Å². The minimum atomic E-state index is -1.35. The Kier molecular flexibility index (Phi) is 8.31. The highest BCUT2D eigenvalue weighted by atomic mass is 16.5. The van der Waals surface area contributed by atoms with Crippen molar-refractivity contribution in [3.8, 4) is 11.5 Å². The lowest BCUT2D eigenvalue weighted by atomic mass is 9.78. The zero-order chi connectivity index (χ0) is 29.8. The molecule has 1 N–H and O–H groups in total. The number of aliphatic hydroxyl groups is 1. The molecular weight excluding hydrogens is 550 g/mol. The highest BCUT2D eigenvalue weighted by Gasteiger charge is 2.57. The van der Waals surface area contributed by atoms with Gasteiger partial charge in [0.15, 0.2) is 11.6 Å². The highest BCUT2D eigenvalue weighted by molar-refractivity contribution is 6.10. The quantitative estimate of drug-likeness (QED) is 0.384. The summed E-state index contributed by atoms with van der Waals surface area (Å²) >= 11 is 0. The number of hydrogen-bond acceptors (Lipinski definition) is 8. The number of methoxy groups -OCH3 is 1. The average molecular weight is 586 g/mol. The van der Waals surface area contributed by atoms with Crippen LogP contribution in [0.5, 0.6) is 11.5 Å². The summed E-state index contributed by atoms with van der Waals surface area (Å²) in [4.78, 5) is 36.5. The molecule has 0 aliphatic carbocycles. The molecule has 0 unspecified atom stereocenters. The summed E-state index contributed by atoms with van der Waals surface area (Å²) in [6.07, 6.45) is 0.0777. The van der Waals surface area contributed by atoms with Crippen molar-refractivity contribution in [2.24, 2.45) is 4.99 Å². The van der Waals surface area contributed by atoms with Crippen LogP contribution in [-0.4, -0.2) is 86.4 Å². The topological polar surface area (TPSA) is 110 Å². The van der Waals surface area contributed by atoms with Gasteiger partial charge in [0.05, 0.1) is 26.9 Å². The van der Waals surface area contributed by atoms with Crippen LogP contribution in [0.4, 0.5) is 5.69 Å². The molecule has 1 spiro atoms. The summed E-state index contributed by atoms with van der Waals surface area (Å²) in [5.41, 5.74) is 1.71. The highest BCUT2D eigenvalue weighted by Crippen LogP contribution is 2.48. The molecule has 3 aromatic rings. The van der Waals surface area contributed by atoms with Gasteiger partial charge in [0, 0.05) is 43.8 Å². The fourth-order valence-electron chi connectivity index (χ4n) is 5.83. The van der Waals surface area contributed by atoms with E-state index in [0.29, 0.717) is 74.4 Å². The van der Waals surface area contributed by atoms with Crippen molar-refractivity contribution in [1.82, 2.24) is 4.90 Å². The van der Waals surface area contributed by atoms with E-state index in [2.05, 4.69) is 0 Å². The number of para-hydroxylation sites is 1. The number of fused-ring (bicyclic) bond motifs is 1. The zero-order valence-corrected chi connectivity index (χ0v) is 24.1. The van der Waals surface area contributed by atoms with Crippen molar-refractivity contribution in [2.75, 3.05) is 58.1 Å². The standard InChI is InChI=1S/C33H35N3O7/c1-40-27-8-4-7-24(20-27)30-33(34-31(43-30)23-10-12-26(13-11-23)42-17-5-16-37)21-25-6-2-3-9-28(25)36(32(33)39)22-29(38)35-14-18-41-19-15-35/h2-4,6-13,20,30,37H,5,14-19,21-22H2,1H3/t30-,33-/m1/s1. The van der Waals surface area contributed by atoms with E-state index in [1.807, 2.05) is 72.8 Å². The van der Waals surface area contributed by atoms with E-state index in [0.717, 1.165) is 11.1 Å². The molecule has 10 heteroatoms. The van der Waals surface area contributed by atoms with Crippen LogP contribution in [0.2, 0.25) is 0 Å². The van der Waals surface area contributed by atoms with Crippen LogP contribution in [-0.2, 0) is 25.5 Å². The van der Waals surface area contributed by atoms with Crippen LogP contribution in [0.3, 0.4) is 0 Å². The number of aliphatic hydroxyl groups excluding tert-OH is 1. The monoisotopic (exact) mass is 585 g/mol. The number of ether oxygens (including phenoxy) is 4. The molecule has 0 aromatic heterocycles.